The Kier molecular flexibility index (Phi) is 4.03. The van der Waals surface area contributed by atoms with Gasteiger partial charge in [-0.05, 0) is 25.0 Å². The fourth-order valence-corrected chi connectivity index (χ4v) is 4.20. The smallest absolute Gasteiger partial charge is 0.327 e. The monoisotopic (exact) mass is 372 g/mol. The number of halogens is 1. The van der Waals surface area contributed by atoms with Crippen molar-refractivity contribution in [3.05, 3.63) is 46.0 Å². The molecule has 3 heterocycles. The molecule has 1 N–H and O–H groups in total. The molecule has 2 aromatic rings. The van der Waals surface area contributed by atoms with Crippen LogP contribution in [0.1, 0.15) is 18.5 Å². The molecule has 2 fully saturated rings. The molecule has 1 aromatic carbocycles. The van der Waals surface area contributed by atoms with E-state index >= 15 is 0 Å². The fourth-order valence-electron chi connectivity index (χ4n) is 4.20. The van der Waals surface area contributed by atoms with Gasteiger partial charge in [-0.1, -0.05) is 6.07 Å². The van der Waals surface area contributed by atoms with Crippen LogP contribution in [0.2, 0.25) is 0 Å². The molecule has 2 aliphatic rings. The highest BCUT2D eigenvalue weighted by molar-refractivity contribution is 6.06. The number of pyridine rings is 1. The number of carbonyl (C=O) groups excluding carboxylic acids is 2. The molecule has 3 amide bonds. The molecule has 0 atom stereocenters. The van der Waals surface area contributed by atoms with Crippen molar-refractivity contribution in [2.45, 2.75) is 24.9 Å². The number of imide groups is 1. The van der Waals surface area contributed by atoms with E-state index in [-0.39, 0.29) is 22.9 Å². The lowest BCUT2D eigenvalue weighted by Gasteiger charge is -2.40. The number of fused-ring (bicyclic) bond motifs is 1. The van der Waals surface area contributed by atoms with Crippen LogP contribution in [0.3, 0.4) is 0 Å². The molecular weight excluding hydrogens is 351 g/mol. The zero-order valence-corrected chi connectivity index (χ0v) is 15.3. The Labute approximate surface area is 155 Å². The molecule has 0 aliphatic carbocycles. The Morgan fingerprint density at radius 3 is 2.48 bits per heavy atom. The molecule has 27 heavy (non-hydrogen) atoms. The molecule has 1 aromatic heterocycles. The van der Waals surface area contributed by atoms with Gasteiger partial charge >= 0.3 is 6.03 Å². The minimum absolute atomic E-state index is 0.157. The number of carbonyl (C=O) groups is 2. The summed E-state index contributed by atoms with van der Waals surface area (Å²) in [5.74, 6) is -0.611. The lowest BCUT2D eigenvalue weighted by Crippen LogP contribution is -2.55. The number of hydrogen-bond donors (Lipinski definition) is 1. The second-order valence-corrected chi connectivity index (χ2v) is 7.33. The van der Waals surface area contributed by atoms with Gasteiger partial charge in [0.15, 0.2) is 5.43 Å². The maximum absolute atomic E-state index is 14.0. The van der Waals surface area contributed by atoms with E-state index in [9.17, 15) is 18.8 Å². The summed E-state index contributed by atoms with van der Waals surface area (Å²) in [5.41, 5.74) is -0.144. The first-order valence-corrected chi connectivity index (χ1v) is 8.92. The lowest BCUT2D eigenvalue weighted by atomic mass is 9.86. The van der Waals surface area contributed by atoms with Crippen LogP contribution in [0.25, 0.3) is 10.9 Å². The number of piperidine rings is 1. The number of para-hydroxylation sites is 1. The van der Waals surface area contributed by atoms with Gasteiger partial charge in [-0.3, -0.25) is 19.4 Å². The zero-order valence-electron chi connectivity index (χ0n) is 15.3. The van der Waals surface area contributed by atoms with Crippen molar-refractivity contribution in [1.82, 2.24) is 19.7 Å². The van der Waals surface area contributed by atoms with Crippen molar-refractivity contribution in [2.75, 3.05) is 27.2 Å². The molecule has 7 nitrogen and oxygen atoms in total. The number of H-pyrrole nitrogens is 1. The van der Waals surface area contributed by atoms with Crippen LogP contribution in [0.4, 0.5) is 9.18 Å². The maximum Gasteiger partial charge on any atom is 0.327 e. The molecule has 0 radical (unpaired) electrons. The van der Waals surface area contributed by atoms with Gasteiger partial charge in [-0.25, -0.2) is 9.18 Å². The molecule has 2 aliphatic heterocycles. The second kappa shape index (κ2) is 6.16. The third-order valence-electron chi connectivity index (χ3n) is 5.87. The predicted octanol–water partition coefficient (Wildman–Crippen LogP) is 1.53. The molecule has 2 saturated heterocycles. The summed E-state index contributed by atoms with van der Waals surface area (Å²) in [5, 5.41) is 0.330. The quantitative estimate of drug-likeness (QED) is 0.811. The summed E-state index contributed by atoms with van der Waals surface area (Å²) >= 11 is 0. The number of likely N-dealkylation sites (tertiary alicyclic amines) is 1. The predicted molar refractivity (Wildman–Crippen MR) is 97.7 cm³/mol. The number of nitrogens with one attached hydrogen (secondary N) is 1. The third-order valence-corrected chi connectivity index (χ3v) is 5.87. The summed E-state index contributed by atoms with van der Waals surface area (Å²) in [6, 6.07) is 5.66. The van der Waals surface area contributed by atoms with Gasteiger partial charge in [0.05, 0.1) is 5.52 Å². The van der Waals surface area contributed by atoms with Crippen molar-refractivity contribution in [3.63, 3.8) is 0 Å². The number of benzene rings is 1. The normalized spacial score (nSPS) is 20.3. The van der Waals surface area contributed by atoms with Gasteiger partial charge in [0.2, 0.25) is 0 Å². The highest BCUT2D eigenvalue weighted by Crippen LogP contribution is 2.35. The largest absolute Gasteiger partial charge is 0.355 e. The van der Waals surface area contributed by atoms with Crippen molar-refractivity contribution in [3.8, 4) is 0 Å². The number of rotatable bonds is 2. The Morgan fingerprint density at radius 2 is 1.85 bits per heavy atom. The average Bonchev–Trinajstić information content (AvgIpc) is 2.81. The first-order chi connectivity index (χ1) is 12.8. The number of aromatic nitrogens is 1. The van der Waals surface area contributed by atoms with Gasteiger partial charge in [0.1, 0.15) is 11.4 Å². The second-order valence-electron chi connectivity index (χ2n) is 7.33. The van der Waals surface area contributed by atoms with Crippen LogP contribution in [0.15, 0.2) is 29.1 Å². The Hall–Kier alpha value is -2.74. The van der Waals surface area contributed by atoms with Crippen molar-refractivity contribution in [2.24, 2.45) is 0 Å². The summed E-state index contributed by atoms with van der Waals surface area (Å²) in [6.45, 7) is 1.67. The van der Waals surface area contributed by atoms with Crippen molar-refractivity contribution < 1.29 is 14.0 Å². The van der Waals surface area contributed by atoms with Crippen LogP contribution in [0, 0.1) is 5.82 Å². The first kappa shape index (κ1) is 17.7. The fraction of sp³-hybridized carbons (Fsp3) is 0.421. The minimum Gasteiger partial charge on any atom is -0.355 e. The Bertz CT molecular complexity index is 994. The molecule has 0 saturated carbocycles. The summed E-state index contributed by atoms with van der Waals surface area (Å²) in [4.78, 5) is 44.8. The average molecular weight is 372 g/mol. The van der Waals surface area contributed by atoms with Gasteiger partial charge in [0, 0.05) is 50.9 Å². The highest BCUT2D eigenvalue weighted by Gasteiger charge is 2.55. The standard InChI is InChI=1S/C19H21FN4O3/c1-22-17(26)19(23(2)18(22)27)6-8-24(9-7-19)11-12-10-15(25)13-4-3-5-14(20)16(13)21-12/h3-5,10H,6-9,11H2,1-2H3,(H,21,25). The topological polar surface area (TPSA) is 76.7 Å². The van der Waals surface area contributed by atoms with Crippen LogP contribution >= 0.6 is 0 Å². The van der Waals surface area contributed by atoms with Gasteiger partial charge in [-0.15, -0.1) is 0 Å². The number of hydrogen-bond acceptors (Lipinski definition) is 4. The van der Waals surface area contributed by atoms with E-state index in [2.05, 4.69) is 9.88 Å². The van der Waals surface area contributed by atoms with Crippen LogP contribution in [0.5, 0.6) is 0 Å². The molecular formula is C19H21FN4O3. The Morgan fingerprint density at radius 1 is 1.15 bits per heavy atom. The van der Waals surface area contributed by atoms with E-state index in [1.807, 2.05) is 0 Å². The van der Waals surface area contributed by atoms with E-state index < -0.39 is 11.4 Å². The summed E-state index contributed by atoms with van der Waals surface area (Å²) < 4.78 is 14.0. The number of urea groups is 1. The maximum atomic E-state index is 14.0. The van der Waals surface area contributed by atoms with Crippen LogP contribution in [-0.2, 0) is 11.3 Å². The number of amides is 3. The molecule has 1 spiro atoms. The van der Waals surface area contributed by atoms with E-state index in [1.165, 1.54) is 30.1 Å². The van der Waals surface area contributed by atoms with Crippen LogP contribution in [-0.4, -0.2) is 64.3 Å². The van der Waals surface area contributed by atoms with E-state index in [4.69, 9.17) is 0 Å². The van der Waals surface area contributed by atoms with Gasteiger partial charge < -0.3 is 9.88 Å². The third kappa shape index (κ3) is 2.63. The van der Waals surface area contributed by atoms with Crippen molar-refractivity contribution >= 4 is 22.8 Å². The van der Waals surface area contributed by atoms with Crippen molar-refractivity contribution in [1.29, 1.82) is 0 Å². The summed E-state index contributed by atoms with van der Waals surface area (Å²) in [6.07, 6.45) is 1.06. The zero-order chi connectivity index (χ0) is 19.3. The van der Waals surface area contributed by atoms with Crippen LogP contribution < -0.4 is 5.43 Å². The molecule has 142 valence electrons. The summed E-state index contributed by atoms with van der Waals surface area (Å²) in [7, 11) is 3.18. The van der Waals surface area contributed by atoms with Gasteiger partial charge in [0.25, 0.3) is 5.91 Å². The van der Waals surface area contributed by atoms with E-state index in [0.29, 0.717) is 43.6 Å². The van der Waals surface area contributed by atoms with E-state index in [0.717, 1.165) is 0 Å². The number of nitrogens with zero attached hydrogens (tertiary/aromatic N) is 3. The lowest BCUT2D eigenvalue weighted by molar-refractivity contribution is -0.134. The first-order valence-electron chi connectivity index (χ1n) is 8.92. The van der Waals surface area contributed by atoms with E-state index in [1.54, 1.807) is 18.0 Å². The molecule has 0 bridgehead atoms. The minimum atomic E-state index is -0.773. The Balaban J connectivity index is 1.53. The number of likely N-dealkylation sites (N-methyl/N-ethyl adjacent to an activating group) is 2. The number of aromatic amines is 1. The molecule has 0 unspecified atom stereocenters. The molecule has 8 heteroatoms. The SMILES string of the molecule is CN1C(=O)N(C)C2(CCN(Cc3cc(=O)c4cccc(F)c4[nH]3)CC2)C1=O. The highest BCUT2D eigenvalue weighted by atomic mass is 19.1. The van der Waals surface area contributed by atoms with Gasteiger partial charge in [-0.2, -0.15) is 0 Å². The molecule has 4 rings (SSSR count).